The van der Waals surface area contributed by atoms with Gasteiger partial charge in [0.15, 0.2) is 0 Å². The normalized spacial score (nSPS) is 11.7. The van der Waals surface area contributed by atoms with Crippen molar-refractivity contribution in [2.45, 2.75) is 51.9 Å². The highest BCUT2D eigenvalue weighted by molar-refractivity contribution is 5.70. The second kappa shape index (κ2) is 13.3. The molecule has 0 saturated carbocycles. The maximum atomic E-state index is 11.7. The fourth-order valence-electron chi connectivity index (χ4n) is 4.14. The molecular formula is C30H34O4. The summed E-state index contributed by atoms with van der Waals surface area (Å²) in [7, 11) is 0. The van der Waals surface area contributed by atoms with Crippen LogP contribution in [0, 0.1) is 5.92 Å². The third-order valence-corrected chi connectivity index (χ3v) is 6.16. The summed E-state index contributed by atoms with van der Waals surface area (Å²) in [5.74, 6) is -1.18. The molecule has 1 N–H and O–H groups in total. The summed E-state index contributed by atoms with van der Waals surface area (Å²) in [5.41, 5.74) is 5.77. The number of carbonyl (C=O) groups excluding carboxylic acids is 1. The summed E-state index contributed by atoms with van der Waals surface area (Å²) in [6.45, 7) is 2.23. The van der Waals surface area contributed by atoms with Gasteiger partial charge < -0.3 is 9.84 Å². The van der Waals surface area contributed by atoms with Crippen LogP contribution >= 0.6 is 0 Å². The molecule has 0 aromatic heterocycles. The molecule has 0 spiro atoms. The summed E-state index contributed by atoms with van der Waals surface area (Å²) in [6.07, 6.45) is 4.98. The van der Waals surface area contributed by atoms with Crippen LogP contribution in [0.5, 0.6) is 0 Å². The van der Waals surface area contributed by atoms with Crippen LogP contribution < -0.4 is 0 Å². The second-order valence-electron chi connectivity index (χ2n) is 8.65. The van der Waals surface area contributed by atoms with Crippen molar-refractivity contribution in [3.63, 3.8) is 0 Å². The average molecular weight is 459 g/mol. The van der Waals surface area contributed by atoms with Crippen LogP contribution in [0.1, 0.15) is 49.3 Å². The zero-order chi connectivity index (χ0) is 24.2. The molecule has 0 aliphatic heterocycles. The Hall–Kier alpha value is -3.40. The SMILES string of the molecule is CCOC(=O)CCc1ccc(-c2ccc(CCC(CCCc3ccccc3)C(=O)O)cc2)cc1. The van der Waals surface area contributed by atoms with Gasteiger partial charge in [0.1, 0.15) is 0 Å². The van der Waals surface area contributed by atoms with Crippen LogP contribution in [0.15, 0.2) is 78.9 Å². The number of rotatable bonds is 13. The van der Waals surface area contributed by atoms with E-state index >= 15 is 0 Å². The molecule has 0 saturated heterocycles. The van der Waals surface area contributed by atoms with E-state index in [1.807, 2.05) is 25.1 Å². The van der Waals surface area contributed by atoms with Gasteiger partial charge in [0.25, 0.3) is 0 Å². The first-order valence-corrected chi connectivity index (χ1v) is 12.2. The molecule has 178 valence electrons. The smallest absolute Gasteiger partial charge is 0.306 e. The van der Waals surface area contributed by atoms with Crippen molar-refractivity contribution in [2.24, 2.45) is 5.92 Å². The van der Waals surface area contributed by atoms with Gasteiger partial charge in [-0.3, -0.25) is 9.59 Å². The van der Waals surface area contributed by atoms with Gasteiger partial charge in [-0.15, -0.1) is 0 Å². The molecule has 1 unspecified atom stereocenters. The lowest BCUT2D eigenvalue weighted by atomic mass is 9.93. The molecule has 1 atom stereocenters. The van der Waals surface area contributed by atoms with E-state index in [0.717, 1.165) is 41.5 Å². The largest absolute Gasteiger partial charge is 0.481 e. The van der Waals surface area contributed by atoms with Crippen molar-refractivity contribution in [3.05, 3.63) is 95.6 Å². The Morgan fingerprint density at radius 1 is 0.735 bits per heavy atom. The Labute approximate surface area is 202 Å². The topological polar surface area (TPSA) is 63.6 Å². The summed E-state index contributed by atoms with van der Waals surface area (Å²) >= 11 is 0. The van der Waals surface area contributed by atoms with Gasteiger partial charge in [0, 0.05) is 6.42 Å². The minimum absolute atomic E-state index is 0.163. The highest BCUT2D eigenvalue weighted by atomic mass is 16.5. The lowest BCUT2D eigenvalue weighted by Crippen LogP contribution is -2.15. The summed E-state index contributed by atoms with van der Waals surface area (Å²) in [5, 5.41) is 9.63. The molecule has 0 fully saturated rings. The van der Waals surface area contributed by atoms with Crippen molar-refractivity contribution in [2.75, 3.05) is 6.61 Å². The molecule has 4 nitrogen and oxygen atoms in total. The Bertz CT molecular complexity index is 1020. The van der Waals surface area contributed by atoms with Gasteiger partial charge in [-0.2, -0.15) is 0 Å². The maximum absolute atomic E-state index is 11.7. The molecule has 0 aliphatic carbocycles. The number of benzene rings is 3. The Kier molecular flexibility index (Phi) is 9.90. The molecule has 0 heterocycles. The number of aryl methyl sites for hydroxylation is 3. The van der Waals surface area contributed by atoms with Gasteiger partial charge in [-0.25, -0.2) is 0 Å². The number of hydrogen-bond donors (Lipinski definition) is 1. The highest BCUT2D eigenvalue weighted by Crippen LogP contribution is 2.23. The van der Waals surface area contributed by atoms with Crippen LogP contribution in [-0.2, 0) is 33.6 Å². The Morgan fingerprint density at radius 2 is 1.29 bits per heavy atom. The first kappa shape index (κ1) is 25.2. The monoisotopic (exact) mass is 458 g/mol. The van der Waals surface area contributed by atoms with Crippen LogP contribution in [0.2, 0.25) is 0 Å². The maximum Gasteiger partial charge on any atom is 0.306 e. The first-order chi connectivity index (χ1) is 16.5. The van der Waals surface area contributed by atoms with Crippen molar-refractivity contribution < 1.29 is 19.4 Å². The van der Waals surface area contributed by atoms with Gasteiger partial charge >= 0.3 is 11.9 Å². The predicted molar refractivity (Wildman–Crippen MR) is 136 cm³/mol. The summed E-state index contributed by atoms with van der Waals surface area (Å²) in [6, 6.07) is 26.8. The van der Waals surface area contributed by atoms with Crippen molar-refractivity contribution in [1.29, 1.82) is 0 Å². The molecule has 0 bridgehead atoms. The van der Waals surface area contributed by atoms with Crippen molar-refractivity contribution in [1.82, 2.24) is 0 Å². The minimum Gasteiger partial charge on any atom is -0.481 e. The fourth-order valence-corrected chi connectivity index (χ4v) is 4.14. The zero-order valence-corrected chi connectivity index (χ0v) is 19.9. The quantitative estimate of drug-likeness (QED) is 0.297. The van der Waals surface area contributed by atoms with Gasteiger partial charge in [-0.1, -0.05) is 78.9 Å². The summed E-state index contributed by atoms with van der Waals surface area (Å²) in [4.78, 5) is 23.2. The standard InChI is InChI=1S/C30H34O4/c1-2-34-29(31)22-16-25-13-19-27(20-14-25)26-17-11-24(12-18-26)15-21-28(30(32)33)10-6-9-23-7-4-3-5-8-23/h3-5,7-8,11-14,17-20,28H,2,6,9-10,15-16,21-22H2,1H3,(H,32,33). The van der Waals surface area contributed by atoms with Crippen LogP contribution in [-0.4, -0.2) is 23.7 Å². The van der Waals surface area contributed by atoms with Crippen LogP contribution in [0.4, 0.5) is 0 Å². The third kappa shape index (κ3) is 8.18. The van der Waals surface area contributed by atoms with E-state index in [9.17, 15) is 14.7 Å². The fraction of sp³-hybridized carbons (Fsp3) is 0.333. The van der Waals surface area contributed by atoms with Crippen molar-refractivity contribution >= 4 is 11.9 Å². The molecular weight excluding hydrogens is 424 g/mol. The molecule has 3 aromatic rings. The number of ether oxygens (including phenoxy) is 1. The van der Waals surface area contributed by atoms with E-state index in [0.29, 0.717) is 32.3 Å². The molecule has 3 rings (SSSR count). The van der Waals surface area contributed by atoms with Gasteiger partial charge in [-0.05, 0) is 73.3 Å². The van der Waals surface area contributed by atoms with E-state index in [2.05, 4.69) is 60.7 Å². The molecule has 0 aliphatic rings. The lowest BCUT2D eigenvalue weighted by molar-refractivity contribution is -0.143. The first-order valence-electron chi connectivity index (χ1n) is 12.2. The van der Waals surface area contributed by atoms with E-state index in [-0.39, 0.29) is 11.9 Å². The molecule has 34 heavy (non-hydrogen) atoms. The molecule has 4 heteroatoms. The van der Waals surface area contributed by atoms with Crippen LogP contribution in [0.3, 0.4) is 0 Å². The van der Waals surface area contributed by atoms with Crippen LogP contribution in [0.25, 0.3) is 11.1 Å². The van der Waals surface area contributed by atoms with Gasteiger partial charge in [0.05, 0.1) is 12.5 Å². The Balaban J connectivity index is 1.48. The number of carboxylic acids is 1. The average Bonchev–Trinajstić information content (AvgIpc) is 2.86. The minimum atomic E-state index is -0.701. The number of esters is 1. The number of aliphatic carboxylic acids is 1. The molecule has 3 aromatic carbocycles. The number of hydrogen-bond acceptors (Lipinski definition) is 3. The number of carboxylic acid groups (broad SMARTS) is 1. The second-order valence-corrected chi connectivity index (χ2v) is 8.65. The lowest BCUT2D eigenvalue weighted by Gasteiger charge is -2.13. The van der Waals surface area contributed by atoms with E-state index in [1.165, 1.54) is 5.56 Å². The van der Waals surface area contributed by atoms with Crippen molar-refractivity contribution in [3.8, 4) is 11.1 Å². The highest BCUT2D eigenvalue weighted by Gasteiger charge is 2.17. The predicted octanol–water partition coefficient (Wildman–Crippen LogP) is 6.51. The van der Waals surface area contributed by atoms with Gasteiger partial charge in [0.2, 0.25) is 0 Å². The summed E-state index contributed by atoms with van der Waals surface area (Å²) < 4.78 is 4.98. The third-order valence-electron chi connectivity index (χ3n) is 6.16. The molecule has 0 amide bonds. The Morgan fingerprint density at radius 3 is 1.85 bits per heavy atom. The molecule has 0 radical (unpaired) electrons. The number of carbonyl (C=O) groups is 2. The van der Waals surface area contributed by atoms with E-state index in [1.54, 1.807) is 0 Å². The zero-order valence-electron chi connectivity index (χ0n) is 19.9. The van der Waals surface area contributed by atoms with E-state index < -0.39 is 5.97 Å². The van der Waals surface area contributed by atoms with E-state index in [4.69, 9.17) is 4.74 Å².